The van der Waals surface area contributed by atoms with Crippen LogP contribution in [-0.4, -0.2) is 73.0 Å². The predicted molar refractivity (Wildman–Crippen MR) is 102 cm³/mol. The van der Waals surface area contributed by atoms with E-state index in [1.807, 2.05) is 4.90 Å². The topological polar surface area (TPSA) is 81.2 Å². The number of benzene rings is 1. The number of hydrogen-bond donors (Lipinski definition) is 0. The Bertz CT molecular complexity index is 861. The lowest BCUT2D eigenvalue weighted by molar-refractivity contribution is -0.131. The molecule has 2 heterocycles. The number of hydrogen-bond acceptors (Lipinski definition) is 6. The van der Waals surface area contributed by atoms with Crippen molar-refractivity contribution in [2.24, 2.45) is 0 Å². The van der Waals surface area contributed by atoms with Crippen molar-refractivity contribution in [2.75, 3.05) is 44.2 Å². The first-order chi connectivity index (χ1) is 13.3. The molecule has 0 radical (unpaired) electrons. The van der Waals surface area contributed by atoms with Gasteiger partial charge in [0.15, 0.2) is 0 Å². The minimum absolute atomic E-state index is 0.0410. The van der Waals surface area contributed by atoms with Crippen LogP contribution in [0, 0.1) is 5.82 Å². The van der Waals surface area contributed by atoms with Crippen molar-refractivity contribution in [2.45, 2.75) is 13.8 Å². The average molecular weight is 410 g/mol. The van der Waals surface area contributed by atoms with Crippen LogP contribution in [0.15, 0.2) is 36.0 Å². The van der Waals surface area contributed by atoms with E-state index < -0.39 is 22.0 Å². The first-order valence-electron chi connectivity index (χ1n) is 9.15. The van der Waals surface area contributed by atoms with Gasteiger partial charge in [0.1, 0.15) is 11.4 Å². The number of nitrogens with zero attached hydrogens (tertiary/aromatic N) is 4. The summed E-state index contributed by atoms with van der Waals surface area (Å²) in [5, 5.41) is 0. The number of carbonyl (C=O) groups excluding carboxylic acids is 2. The SMILES string of the molecule is CCN1C(=O)C(=CN2CCN(c3ccc(F)cc3)CC2)C(=O)N(CC)S1(=O)=O. The molecule has 0 bridgehead atoms. The second-order valence-electron chi connectivity index (χ2n) is 6.49. The molecule has 28 heavy (non-hydrogen) atoms. The third kappa shape index (κ3) is 3.56. The van der Waals surface area contributed by atoms with Gasteiger partial charge >= 0.3 is 10.2 Å². The summed E-state index contributed by atoms with van der Waals surface area (Å²) in [6.07, 6.45) is 1.46. The van der Waals surface area contributed by atoms with Crippen molar-refractivity contribution in [3.05, 3.63) is 41.9 Å². The standard InChI is InChI=1S/C18H23FN4O4S/c1-3-22-17(24)16(18(25)23(4-2)28(22,26)27)13-20-9-11-21(12-10-20)15-7-5-14(19)6-8-15/h5-8,13H,3-4,9-12H2,1-2H3. The minimum atomic E-state index is -4.12. The molecule has 0 aromatic heterocycles. The maximum absolute atomic E-state index is 13.1. The molecule has 1 aromatic rings. The van der Waals surface area contributed by atoms with Crippen LogP contribution in [-0.2, 0) is 19.8 Å². The van der Waals surface area contributed by atoms with Crippen LogP contribution < -0.4 is 4.90 Å². The van der Waals surface area contributed by atoms with Crippen LogP contribution in [0.5, 0.6) is 0 Å². The van der Waals surface area contributed by atoms with Crippen LogP contribution in [0.25, 0.3) is 0 Å². The highest BCUT2D eigenvalue weighted by molar-refractivity contribution is 7.88. The highest BCUT2D eigenvalue weighted by Gasteiger charge is 2.45. The third-order valence-corrected chi connectivity index (χ3v) is 6.83. The number of carbonyl (C=O) groups is 2. The Morgan fingerprint density at radius 3 is 1.89 bits per heavy atom. The van der Waals surface area contributed by atoms with Gasteiger partial charge in [-0.25, -0.2) is 13.0 Å². The van der Waals surface area contributed by atoms with Gasteiger partial charge in [-0.05, 0) is 38.1 Å². The van der Waals surface area contributed by atoms with Crippen molar-refractivity contribution in [1.82, 2.24) is 13.5 Å². The van der Waals surface area contributed by atoms with E-state index in [1.54, 1.807) is 26.0 Å². The first-order valence-corrected chi connectivity index (χ1v) is 10.5. The summed E-state index contributed by atoms with van der Waals surface area (Å²) >= 11 is 0. The number of amides is 2. The van der Waals surface area contributed by atoms with Gasteiger partial charge in [0.05, 0.1) is 0 Å². The molecule has 2 aliphatic heterocycles. The van der Waals surface area contributed by atoms with E-state index >= 15 is 0 Å². The quantitative estimate of drug-likeness (QED) is 0.539. The third-order valence-electron chi connectivity index (χ3n) is 4.86. The fourth-order valence-corrected chi connectivity index (χ4v) is 4.86. The Morgan fingerprint density at radius 2 is 1.43 bits per heavy atom. The summed E-state index contributed by atoms with van der Waals surface area (Å²) in [6.45, 7) is 5.38. The van der Waals surface area contributed by atoms with E-state index in [-0.39, 0.29) is 24.5 Å². The summed E-state index contributed by atoms with van der Waals surface area (Å²) in [5.41, 5.74) is 0.757. The monoisotopic (exact) mass is 410 g/mol. The molecule has 0 saturated carbocycles. The van der Waals surface area contributed by atoms with E-state index in [2.05, 4.69) is 4.90 Å². The fraction of sp³-hybridized carbons (Fsp3) is 0.444. The summed E-state index contributed by atoms with van der Waals surface area (Å²) in [5.74, 6) is -1.88. The van der Waals surface area contributed by atoms with Gasteiger partial charge in [-0.15, -0.1) is 0 Å². The molecular weight excluding hydrogens is 387 g/mol. The maximum atomic E-state index is 13.1. The van der Waals surface area contributed by atoms with E-state index in [9.17, 15) is 22.4 Å². The van der Waals surface area contributed by atoms with Gasteiger partial charge in [-0.3, -0.25) is 9.59 Å². The molecule has 2 saturated heterocycles. The molecule has 0 atom stereocenters. The number of rotatable bonds is 4. The zero-order chi connectivity index (χ0) is 20.5. The molecular formula is C18H23FN4O4S. The molecule has 3 rings (SSSR count). The van der Waals surface area contributed by atoms with Crippen LogP contribution in [0.4, 0.5) is 10.1 Å². The van der Waals surface area contributed by atoms with Crippen molar-refractivity contribution in [3.63, 3.8) is 0 Å². The molecule has 0 aliphatic carbocycles. The van der Waals surface area contributed by atoms with E-state index in [1.165, 1.54) is 18.3 Å². The van der Waals surface area contributed by atoms with Gasteiger partial charge in [0.25, 0.3) is 11.8 Å². The van der Waals surface area contributed by atoms with Crippen LogP contribution in [0.2, 0.25) is 0 Å². The summed E-state index contributed by atoms with van der Waals surface area (Å²) < 4.78 is 39.3. The van der Waals surface area contributed by atoms with E-state index in [0.717, 1.165) is 14.3 Å². The molecule has 10 heteroatoms. The highest BCUT2D eigenvalue weighted by Crippen LogP contribution is 2.23. The average Bonchev–Trinajstić information content (AvgIpc) is 2.67. The zero-order valence-corrected chi connectivity index (χ0v) is 16.7. The van der Waals surface area contributed by atoms with E-state index in [0.29, 0.717) is 26.2 Å². The first kappa shape index (κ1) is 20.1. The van der Waals surface area contributed by atoms with Gasteiger partial charge in [0, 0.05) is 51.2 Å². The van der Waals surface area contributed by atoms with Crippen molar-refractivity contribution < 1.29 is 22.4 Å². The second-order valence-corrected chi connectivity index (χ2v) is 8.27. The summed E-state index contributed by atoms with van der Waals surface area (Å²) in [7, 11) is -4.12. The molecule has 8 nitrogen and oxygen atoms in total. The molecule has 0 spiro atoms. The lowest BCUT2D eigenvalue weighted by Gasteiger charge is -2.37. The van der Waals surface area contributed by atoms with Crippen LogP contribution in [0.1, 0.15) is 13.8 Å². The van der Waals surface area contributed by atoms with Gasteiger partial charge < -0.3 is 9.80 Å². The molecule has 0 unspecified atom stereocenters. The molecule has 0 N–H and O–H groups in total. The normalized spacial score (nSPS) is 20.0. The lowest BCUT2D eigenvalue weighted by Crippen LogP contribution is -2.56. The molecule has 1 aromatic carbocycles. The summed E-state index contributed by atoms with van der Waals surface area (Å²) in [4.78, 5) is 29.1. The van der Waals surface area contributed by atoms with Crippen LogP contribution in [0.3, 0.4) is 0 Å². The number of piperazine rings is 1. The fourth-order valence-electron chi connectivity index (χ4n) is 3.36. The Morgan fingerprint density at radius 1 is 0.929 bits per heavy atom. The minimum Gasteiger partial charge on any atom is -0.373 e. The summed E-state index contributed by atoms with van der Waals surface area (Å²) in [6, 6.07) is 6.23. The Labute approximate surface area is 164 Å². The predicted octanol–water partition coefficient (Wildman–Crippen LogP) is 0.787. The van der Waals surface area contributed by atoms with Crippen molar-refractivity contribution in [3.8, 4) is 0 Å². The smallest absolute Gasteiger partial charge is 0.331 e. The molecule has 2 aliphatic rings. The van der Waals surface area contributed by atoms with Gasteiger partial charge in [-0.2, -0.15) is 8.42 Å². The molecule has 2 fully saturated rings. The number of anilines is 1. The van der Waals surface area contributed by atoms with Crippen molar-refractivity contribution >= 4 is 27.7 Å². The van der Waals surface area contributed by atoms with E-state index in [4.69, 9.17) is 0 Å². The molecule has 2 amide bonds. The Hall–Kier alpha value is -2.62. The Balaban J connectivity index is 1.77. The zero-order valence-electron chi connectivity index (χ0n) is 15.8. The van der Waals surface area contributed by atoms with Gasteiger partial charge in [0.2, 0.25) is 0 Å². The van der Waals surface area contributed by atoms with Gasteiger partial charge in [-0.1, -0.05) is 0 Å². The largest absolute Gasteiger partial charge is 0.373 e. The van der Waals surface area contributed by atoms with Crippen LogP contribution >= 0.6 is 0 Å². The highest BCUT2D eigenvalue weighted by atomic mass is 32.2. The Kier molecular flexibility index (Phi) is 5.59. The maximum Gasteiger partial charge on any atom is 0.331 e. The number of halogens is 1. The lowest BCUT2D eigenvalue weighted by atomic mass is 10.2. The van der Waals surface area contributed by atoms with Crippen molar-refractivity contribution in [1.29, 1.82) is 0 Å². The second kappa shape index (κ2) is 7.78. The number of likely N-dealkylation sites (N-methyl/N-ethyl adjacent to an activating group) is 2. The molecule has 152 valence electrons.